The summed E-state index contributed by atoms with van der Waals surface area (Å²) in [5.41, 5.74) is 9.85. The lowest BCUT2D eigenvalue weighted by molar-refractivity contribution is 1.25. The van der Waals surface area contributed by atoms with Gasteiger partial charge in [0.1, 0.15) is 4.64 Å². The third-order valence-electron chi connectivity index (χ3n) is 2.33. The minimum atomic E-state index is 0.385. The summed E-state index contributed by atoms with van der Waals surface area (Å²) >= 11 is 5.01. The molecule has 0 atom stereocenters. The van der Waals surface area contributed by atoms with Crippen molar-refractivity contribution in [3.8, 4) is 0 Å². The molecule has 0 fully saturated rings. The maximum atomic E-state index is 5.63. The van der Waals surface area contributed by atoms with Gasteiger partial charge in [-0.1, -0.05) is 12.2 Å². The van der Waals surface area contributed by atoms with Gasteiger partial charge in [0, 0.05) is 0 Å². The van der Waals surface area contributed by atoms with Crippen LogP contribution in [0.5, 0.6) is 0 Å². The summed E-state index contributed by atoms with van der Waals surface area (Å²) in [6.07, 6.45) is 0. The minimum Gasteiger partial charge on any atom is -0.381 e. The highest BCUT2D eigenvalue weighted by atomic mass is 32.1. The Balaban J connectivity index is 2.90. The van der Waals surface area contributed by atoms with Crippen LogP contribution in [-0.2, 0) is 0 Å². The van der Waals surface area contributed by atoms with E-state index in [1.165, 1.54) is 11.1 Å². The molecule has 3 N–H and O–H groups in total. The second-order valence-electron chi connectivity index (χ2n) is 3.40. The number of aryl methyl sites for hydroxylation is 2. The van der Waals surface area contributed by atoms with Gasteiger partial charge in [-0.05, 0) is 37.1 Å². The molecular weight excluding hydrogens is 194 g/mol. The number of rotatable bonds is 0. The van der Waals surface area contributed by atoms with Gasteiger partial charge in [0.2, 0.25) is 0 Å². The third-order valence-corrected chi connectivity index (χ3v) is 2.64. The van der Waals surface area contributed by atoms with Crippen LogP contribution < -0.4 is 5.73 Å². The lowest BCUT2D eigenvalue weighted by Gasteiger charge is -2.04. The van der Waals surface area contributed by atoms with Crippen molar-refractivity contribution in [3.05, 3.63) is 27.9 Å². The van der Waals surface area contributed by atoms with Crippen molar-refractivity contribution in [1.29, 1.82) is 0 Å². The number of nitrogen functional groups attached to an aromatic ring is 1. The van der Waals surface area contributed by atoms with Crippen LogP contribution >= 0.6 is 12.2 Å². The van der Waals surface area contributed by atoms with E-state index in [0.717, 1.165) is 11.0 Å². The van der Waals surface area contributed by atoms with Crippen molar-refractivity contribution >= 4 is 29.1 Å². The van der Waals surface area contributed by atoms with E-state index < -0.39 is 0 Å². The molecule has 1 aromatic carbocycles. The first kappa shape index (κ1) is 9.15. The average molecular weight is 205 g/mol. The Morgan fingerprint density at radius 3 is 2.64 bits per heavy atom. The van der Waals surface area contributed by atoms with Gasteiger partial charge in [0.05, 0.1) is 11.0 Å². The summed E-state index contributed by atoms with van der Waals surface area (Å²) in [6, 6.07) is 4.04. The number of benzene rings is 1. The molecule has 0 unspecified atom stereocenters. The van der Waals surface area contributed by atoms with E-state index in [2.05, 4.69) is 16.9 Å². The van der Waals surface area contributed by atoms with Crippen molar-refractivity contribution in [2.45, 2.75) is 13.8 Å². The Labute approximate surface area is 87.0 Å². The molecule has 0 amide bonds. The SMILES string of the molecule is Cc1cc2nc(N)c(=S)[nH]c2cc1C. The molecule has 3 nitrogen and oxygen atoms in total. The molecule has 0 saturated carbocycles. The summed E-state index contributed by atoms with van der Waals surface area (Å²) in [5.74, 6) is 0.385. The summed E-state index contributed by atoms with van der Waals surface area (Å²) < 4.78 is 0.501. The Kier molecular flexibility index (Phi) is 2.00. The van der Waals surface area contributed by atoms with Crippen LogP contribution in [0.2, 0.25) is 0 Å². The predicted molar refractivity (Wildman–Crippen MR) is 60.8 cm³/mol. The fourth-order valence-corrected chi connectivity index (χ4v) is 1.52. The van der Waals surface area contributed by atoms with E-state index >= 15 is 0 Å². The summed E-state index contributed by atoms with van der Waals surface area (Å²) in [6.45, 7) is 4.11. The predicted octanol–water partition coefficient (Wildman–Crippen LogP) is 2.49. The largest absolute Gasteiger partial charge is 0.381 e. The number of nitrogens with one attached hydrogen (secondary N) is 1. The Hall–Kier alpha value is -1.42. The van der Waals surface area contributed by atoms with Crippen molar-refractivity contribution in [3.63, 3.8) is 0 Å². The van der Waals surface area contributed by atoms with Gasteiger partial charge in [-0.2, -0.15) is 0 Å². The van der Waals surface area contributed by atoms with Crippen LogP contribution in [0.25, 0.3) is 11.0 Å². The minimum absolute atomic E-state index is 0.385. The lowest BCUT2D eigenvalue weighted by Crippen LogP contribution is -1.95. The maximum absolute atomic E-state index is 5.63. The number of nitrogens with two attached hydrogens (primary N) is 1. The zero-order valence-electron chi connectivity index (χ0n) is 8.09. The van der Waals surface area contributed by atoms with E-state index in [9.17, 15) is 0 Å². The molecule has 2 aromatic rings. The summed E-state index contributed by atoms with van der Waals surface area (Å²) in [4.78, 5) is 7.27. The van der Waals surface area contributed by atoms with Crippen LogP contribution in [-0.4, -0.2) is 9.97 Å². The molecule has 0 radical (unpaired) electrons. The Morgan fingerprint density at radius 2 is 1.93 bits per heavy atom. The van der Waals surface area contributed by atoms with Crippen LogP contribution in [0, 0.1) is 18.5 Å². The fraction of sp³-hybridized carbons (Fsp3) is 0.200. The van der Waals surface area contributed by atoms with Crippen molar-refractivity contribution in [1.82, 2.24) is 9.97 Å². The van der Waals surface area contributed by atoms with E-state index in [-0.39, 0.29) is 0 Å². The topological polar surface area (TPSA) is 54.7 Å². The van der Waals surface area contributed by atoms with E-state index in [1.54, 1.807) is 0 Å². The Bertz CT molecular complexity index is 557. The number of nitrogens with zero attached hydrogens (tertiary/aromatic N) is 1. The fourth-order valence-electron chi connectivity index (χ4n) is 1.36. The number of anilines is 1. The highest BCUT2D eigenvalue weighted by Gasteiger charge is 2.01. The molecule has 4 heteroatoms. The molecule has 0 saturated heterocycles. The first-order chi connectivity index (χ1) is 6.58. The van der Waals surface area contributed by atoms with Gasteiger partial charge in [-0.15, -0.1) is 0 Å². The molecule has 0 aliphatic heterocycles. The van der Waals surface area contributed by atoms with Crippen molar-refractivity contribution < 1.29 is 0 Å². The number of hydrogen-bond donors (Lipinski definition) is 2. The van der Waals surface area contributed by atoms with Crippen molar-refractivity contribution in [2.75, 3.05) is 5.73 Å². The number of aromatic amines is 1. The summed E-state index contributed by atoms with van der Waals surface area (Å²) in [5, 5.41) is 0. The van der Waals surface area contributed by atoms with Gasteiger partial charge in [0.15, 0.2) is 5.82 Å². The maximum Gasteiger partial charge on any atom is 0.159 e. The van der Waals surface area contributed by atoms with Gasteiger partial charge in [-0.3, -0.25) is 0 Å². The molecule has 14 heavy (non-hydrogen) atoms. The molecule has 0 aliphatic carbocycles. The quantitative estimate of drug-likeness (QED) is 0.650. The zero-order valence-corrected chi connectivity index (χ0v) is 8.90. The highest BCUT2D eigenvalue weighted by molar-refractivity contribution is 7.71. The molecule has 72 valence electrons. The number of hydrogen-bond acceptors (Lipinski definition) is 3. The number of H-pyrrole nitrogens is 1. The van der Waals surface area contributed by atoms with E-state index in [1.807, 2.05) is 19.1 Å². The average Bonchev–Trinajstić information content (AvgIpc) is 2.11. The number of fused-ring (bicyclic) bond motifs is 1. The van der Waals surface area contributed by atoms with Gasteiger partial charge in [0.25, 0.3) is 0 Å². The van der Waals surface area contributed by atoms with Gasteiger partial charge < -0.3 is 10.7 Å². The Morgan fingerprint density at radius 1 is 1.29 bits per heavy atom. The second kappa shape index (κ2) is 3.06. The van der Waals surface area contributed by atoms with Crippen LogP contribution in [0.15, 0.2) is 12.1 Å². The van der Waals surface area contributed by atoms with Crippen molar-refractivity contribution in [2.24, 2.45) is 0 Å². The van der Waals surface area contributed by atoms with Crippen LogP contribution in [0.1, 0.15) is 11.1 Å². The smallest absolute Gasteiger partial charge is 0.159 e. The lowest BCUT2D eigenvalue weighted by atomic mass is 10.1. The normalized spacial score (nSPS) is 10.7. The first-order valence-electron chi connectivity index (χ1n) is 4.34. The second-order valence-corrected chi connectivity index (χ2v) is 3.81. The third kappa shape index (κ3) is 1.37. The van der Waals surface area contributed by atoms with E-state index in [4.69, 9.17) is 18.0 Å². The molecule has 0 aliphatic rings. The molecule has 0 spiro atoms. The first-order valence-corrected chi connectivity index (χ1v) is 4.75. The molecule has 2 rings (SSSR count). The molecule has 1 aromatic heterocycles. The van der Waals surface area contributed by atoms with Gasteiger partial charge >= 0.3 is 0 Å². The van der Waals surface area contributed by atoms with Gasteiger partial charge in [-0.25, -0.2) is 4.98 Å². The van der Waals surface area contributed by atoms with Crippen LogP contribution in [0.4, 0.5) is 5.82 Å². The standard InChI is InChI=1S/C10H11N3S/c1-5-3-7-8(4-6(5)2)13-10(14)9(11)12-7/h3-4H,1-2H3,(H2,11,12)(H,13,14). The van der Waals surface area contributed by atoms with Crippen LogP contribution in [0.3, 0.4) is 0 Å². The molecular formula is C10H11N3S. The molecule has 0 bridgehead atoms. The van der Waals surface area contributed by atoms with E-state index in [0.29, 0.717) is 10.5 Å². The monoisotopic (exact) mass is 205 g/mol. The highest BCUT2D eigenvalue weighted by Crippen LogP contribution is 2.17. The molecule has 1 heterocycles. The summed E-state index contributed by atoms with van der Waals surface area (Å²) in [7, 11) is 0. The zero-order chi connectivity index (χ0) is 10.3. The number of aromatic nitrogens is 2.